The van der Waals surface area contributed by atoms with Crippen molar-refractivity contribution in [3.8, 4) is 0 Å². The zero-order valence-corrected chi connectivity index (χ0v) is 20.0. The third kappa shape index (κ3) is 4.65. The third-order valence-electron chi connectivity index (χ3n) is 7.18. The van der Waals surface area contributed by atoms with Gasteiger partial charge in [-0.1, -0.05) is 6.07 Å². The number of amides is 3. The van der Waals surface area contributed by atoms with Crippen molar-refractivity contribution in [2.75, 3.05) is 26.7 Å². The van der Waals surface area contributed by atoms with Crippen LogP contribution < -0.4 is 5.32 Å². The van der Waals surface area contributed by atoms with E-state index in [9.17, 15) is 18.8 Å². The van der Waals surface area contributed by atoms with E-state index in [4.69, 9.17) is 0 Å². The van der Waals surface area contributed by atoms with Gasteiger partial charge >= 0.3 is 0 Å². The summed E-state index contributed by atoms with van der Waals surface area (Å²) in [6.45, 7) is 1.78. The van der Waals surface area contributed by atoms with E-state index in [1.807, 2.05) is 0 Å². The van der Waals surface area contributed by atoms with E-state index in [1.54, 1.807) is 35.2 Å². The van der Waals surface area contributed by atoms with Gasteiger partial charge in [-0.3, -0.25) is 19.5 Å². The summed E-state index contributed by atoms with van der Waals surface area (Å²) in [5.74, 6) is -1.38. The van der Waals surface area contributed by atoms with Gasteiger partial charge in [-0.2, -0.15) is 10.2 Å². The maximum Gasteiger partial charge on any atom is 0.292 e. The Morgan fingerprint density at radius 3 is 2.81 bits per heavy atom. The first-order valence-electron chi connectivity index (χ1n) is 12.2. The number of piperidine rings is 1. The molecule has 1 fully saturated rings. The normalized spacial score (nSPS) is 20.2. The number of halogens is 1. The predicted octanol–water partition coefficient (Wildman–Crippen LogP) is 2.47. The highest BCUT2D eigenvalue weighted by Gasteiger charge is 2.31. The molecule has 10 nitrogen and oxygen atoms in total. The minimum atomic E-state index is -0.584. The average Bonchev–Trinajstić information content (AvgIpc) is 3.45. The Bertz CT molecular complexity index is 1230. The lowest BCUT2D eigenvalue weighted by Crippen LogP contribution is -2.47. The lowest BCUT2D eigenvalue weighted by Gasteiger charge is -2.36. The van der Waals surface area contributed by atoms with E-state index < -0.39 is 11.7 Å². The molecule has 4 heterocycles. The fraction of sp³-hybridized carbons (Fsp3) is 0.440. The number of aromatic amines is 1. The van der Waals surface area contributed by atoms with Crippen molar-refractivity contribution in [2.45, 2.75) is 44.2 Å². The lowest BCUT2D eigenvalue weighted by molar-refractivity contribution is -0.115. The summed E-state index contributed by atoms with van der Waals surface area (Å²) >= 11 is 0. The second kappa shape index (κ2) is 10.00. The van der Waals surface area contributed by atoms with Crippen LogP contribution in [0, 0.1) is 5.82 Å². The number of hydrogen-bond acceptors (Lipinski definition) is 6. The number of nitrogens with one attached hydrogen (secondary N) is 2. The van der Waals surface area contributed by atoms with Gasteiger partial charge in [-0.25, -0.2) is 4.39 Å². The second-order valence-electron chi connectivity index (χ2n) is 9.40. The molecule has 1 atom stereocenters. The molecule has 188 valence electrons. The smallest absolute Gasteiger partial charge is 0.292 e. The molecular formula is C25H28FN7O3. The van der Waals surface area contributed by atoms with Gasteiger partial charge in [0.05, 0.1) is 17.3 Å². The number of rotatable bonds is 5. The number of nitrogens with zero attached hydrogens (tertiary/aromatic N) is 5. The van der Waals surface area contributed by atoms with Crippen LogP contribution in [-0.2, 0) is 11.2 Å². The highest BCUT2D eigenvalue weighted by atomic mass is 19.1. The lowest BCUT2D eigenvalue weighted by atomic mass is 9.93. The maximum absolute atomic E-state index is 14.8. The van der Waals surface area contributed by atoms with E-state index in [-0.39, 0.29) is 29.5 Å². The van der Waals surface area contributed by atoms with Gasteiger partial charge in [0.25, 0.3) is 17.7 Å². The molecule has 5 rings (SSSR count). The predicted molar refractivity (Wildman–Crippen MR) is 128 cm³/mol. The number of carbonyl (C=O) groups excluding carboxylic acids is 3. The second-order valence-corrected chi connectivity index (χ2v) is 9.40. The van der Waals surface area contributed by atoms with Gasteiger partial charge in [0.15, 0.2) is 0 Å². The van der Waals surface area contributed by atoms with E-state index in [0.29, 0.717) is 49.9 Å². The standard InChI is InChI=1S/C25H28FN7O3/c1-32(17-6-9-33(10-7-17)24(35)16-13-28-29-14-16)25(36)19-11-15(4-5-20(19)26)12-21-22-18(3-2-8-27-22)23(34)31-30-21/h4-5,11,13-14,17,21,27H,2-3,6-10,12H2,1H3,(H,28,29). The van der Waals surface area contributed by atoms with Gasteiger partial charge in [0.1, 0.15) is 11.9 Å². The number of aromatic nitrogens is 2. The zero-order chi connectivity index (χ0) is 25.2. The Hall–Kier alpha value is -3.89. The molecule has 1 unspecified atom stereocenters. The summed E-state index contributed by atoms with van der Waals surface area (Å²) in [7, 11) is 1.68. The molecule has 3 aliphatic heterocycles. The van der Waals surface area contributed by atoms with Crippen LogP contribution in [0.25, 0.3) is 0 Å². The first-order chi connectivity index (χ1) is 17.4. The number of azo groups is 1. The van der Waals surface area contributed by atoms with Crippen LogP contribution in [0.1, 0.15) is 52.0 Å². The van der Waals surface area contributed by atoms with Gasteiger partial charge in [-0.15, -0.1) is 5.11 Å². The molecule has 0 aliphatic carbocycles. The summed E-state index contributed by atoms with van der Waals surface area (Å²) in [6, 6.07) is 4.05. The van der Waals surface area contributed by atoms with Gasteiger partial charge in [-0.05, 0) is 43.4 Å². The SMILES string of the molecule is CN(C(=O)c1cc(CC2N=NC(=O)C3=C2NCCC3)ccc1F)C1CCN(C(=O)c2cn[nH]c2)CC1. The summed E-state index contributed by atoms with van der Waals surface area (Å²) in [4.78, 5) is 41.2. The minimum Gasteiger partial charge on any atom is -0.386 e. The van der Waals surface area contributed by atoms with Crippen LogP contribution in [-0.4, -0.2) is 76.5 Å². The summed E-state index contributed by atoms with van der Waals surface area (Å²) < 4.78 is 14.8. The molecule has 1 aromatic carbocycles. The van der Waals surface area contributed by atoms with Crippen molar-refractivity contribution >= 4 is 17.7 Å². The summed E-state index contributed by atoms with van der Waals surface area (Å²) in [5, 5.41) is 17.7. The monoisotopic (exact) mass is 493 g/mol. The van der Waals surface area contributed by atoms with E-state index in [1.165, 1.54) is 12.3 Å². The molecule has 0 saturated carbocycles. The number of likely N-dealkylation sites (tertiary alicyclic amines) is 1. The fourth-order valence-corrected chi connectivity index (χ4v) is 5.10. The summed E-state index contributed by atoms with van der Waals surface area (Å²) in [6.07, 6.45) is 6.20. The van der Waals surface area contributed by atoms with Crippen molar-refractivity contribution in [3.05, 3.63) is 64.4 Å². The quantitative estimate of drug-likeness (QED) is 0.663. The number of hydrogen-bond donors (Lipinski definition) is 2. The van der Waals surface area contributed by atoms with Crippen LogP contribution in [0.4, 0.5) is 4.39 Å². The molecule has 36 heavy (non-hydrogen) atoms. The Kier molecular flexibility index (Phi) is 6.62. The zero-order valence-electron chi connectivity index (χ0n) is 20.0. The molecular weight excluding hydrogens is 465 g/mol. The number of benzene rings is 1. The van der Waals surface area contributed by atoms with Crippen LogP contribution in [0.5, 0.6) is 0 Å². The summed E-state index contributed by atoms with van der Waals surface area (Å²) in [5.41, 5.74) is 2.70. The molecule has 0 bridgehead atoms. The molecule has 2 N–H and O–H groups in total. The van der Waals surface area contributed by atoms with Crippen LogP contribution in [0.3, 0.4) is 0 Å². The third-order valence-corrected chi connectivity index (χ3v) is 7.18. The average molecular weight is 494 g/mol. The molecule has 0 spiro atoms. The van der Waals surface area contributed by atoms with Crippen LogP contribution in [0.2, 0.25) is 0 Å². The van der Waals surface area contributed by atoms with Crippen molar-refractivity contribution in [1.82, 2.24) is 25.3 Å². The van der Waals surface area contributed by atoms with Crippen LogP contribution in [0.15, 0.2) is 52.1 Å². The van der Waals surface area contributed by atoms with Crippen molar-refractivity contribution in [1.29, 1.82) is 0 Å². The minimum absolute atomic E-state index is 0.00142. The maximum atomic E-state index is 14.8. The molecule has 0 radical (unpaired) electrons. The highest BCUT2D eigenvalue weighted by molar-refractivity contribution is 5.96. The van der Waals surface area contributed by atoms with Crippen LogP contribution >= 0.6 is 0 Å². The van der Waals surface area contributed by atoms with E-state index >= 15 is 0 Å². The van der Waals surface area contributed by atoms with Crippen molar-refractivity contribution < 1.29 is 18.8 Å². The number of H-pyrrole nitrogens is 1. The molecule has 1 saturated heterocycles. The topological polar surface area (TPSA) is 123 Å². The first-order valence-corrected chi connectivity index (χ1v) is 12.2. The highest BCUT2D eigenvalue weighted by Crippen LogP contribution is 2.27. The molecule has 3 aliphatic rings. The fourth-order valence-electron chi connectivity index (χ4n) is 5.10. The Labute approximate surface area is 207 Å². The Balaban J connectivity index is 1.25. The Morgan fingerprint density at radius 2 is 2.06 bits per heavy atom. The molecule has 2 aromatic rings. The van der Waals surface area contributed by atoms with Gasteiger partial charge < -0.3 is 15.1 Å². The number of carbonyl (C=O) groups is 3. The largest absolute Gasteiger partial charge is 0.386 e. The molecule has 1 aromatic heterocycles. The van der Waals surface area contributed by atoms with Gasteiger partial charge in [0.2, 0.25) is 0 Å². The van der Waals surface area contributed by atoms with Crippen molar-refractivity contribution in [3.63, 3.8) is 0 Å². The van der Waals surface area contributed by atoms with E-state index in [2.05, 4.69) is 25.7 Å². The first kappa shape index (κ1) is 23.8. The molecule has 3 amide bonds. The van der Waals surface area contributed by atoms with E-state index in [0.717, 1.165) is 24.2 Å². The van der Waals surface area contributed by atoms with Gasteiger partial charge in [0, 0.05) is 56.6 Å². The molecule has 11 heteroatoms. The van der Waals surface area contributed by atoms with Crippen molar-refractivity contribution in [2.24, 2.45) is 10.2 Å². The Morgan fingerprint density at radius 1 is 1.25 bits per heavy atom.